The Morgan fingerprint density at radius 3 is 2.44 bits per heavy atom. The number of rotatable bonds is 9. The van der Waals surface area contributed by atoms with Crippen LogP contribution in [0.4, 0.5) is 4.11 Å². The summed E-state index contributed by atoms with van der Waals surface area (Å²) in [7, 11) is -2.68. The van der Waals surface area contributed by atoms with Gasteiger partial charge in [-0.2, -0.15) is 0 Å². The van der Waals surface area contributed by atoms with Crippen LogP contribution in [0.3, 0.4) is 0 Å². The molecule has 0 saturated heterocycles. The van der Waals surface area contributed by atoms with E-state index in [4.69, 9.17) is 4.74 Å². The zero-order valence-electron chi connectivity index (χ0n) is 11.3. The summed E-state index contributed by atoms with van der Waals surface area (Å²) >= 11 is 0. The Morgan fingerprint density at radius 1 is 1.38 bits per heavy atom. The van der Waals surface area contributed by atoms with E-state index in [1.54, 1.807) is 13.1 Å². The Balaban J connectivity index is 4.15. The van der Waals surface area contributed by atoms with E-state index in [-0.39, 0.29) is 11.8 Å². The van der Waals surface area contributed by atoms with Gasteiger partial charge in [0.15, 0.2) is 0 Å². The average Bonchev–Trinajstić information content (AvgIpc) is 2.15. The summed E-state index contributed by atoms with van der Waals surface area (Å²) in [6.07, 6.45) is 7.00. The second-order valence-electron chi connectivity index (χ2n) is 5.02. The molecule has 0 unspecified atom stereocenters. The zero-order valence-corrected chi connectivity index (χ0v) is 12.3. The smallest absolute Gasteiger partial charge is 0.269 e. The minimum atomic E-state index is -2.68. The maximum atomic E-state index is 14.1. The second kappa shape index (κ2) is 8.01. The van der Waals surface area contributed by atoms with Gasteiger partial charge in [0, 0.05) is 0 Å². The third kappa shape index (κ3) is 7.18. The van der Waals surface area contributed by atoms with Crippen LogP contribution in [0.5, 0.6) is 0 Å². The summed E-state index contributed by atoms with van der Waals surface area (Å²) < 4.78 is 19.9. The van der Waals surface area contributed by atoms with Crippen molar-refractivity contribution < 1.29 is 8.84 Å². The monoisotopic (exact) mass is 246 g/mol. The zero-order chi connectivity index (χ0) is 12.6. The summed E-state index contributed by atoms with van der Waals surface area (Å²) in [5.41, 5.74) is -0.158. The molecule has 0 saturated carbocycles. The Hall–Kier alpha value is -0.153. The maximum absolute atomic E-state index is 14.1. The lowest BCUT2D eigenvalue weighted by atomic mass is 10.2. The number of hydrogen-bond acceptors (Lipinski definition) is 1. The van der Waals surface area contributed by atoms with Gasteiger partial charge in [-0.3, -0.25) is 0 Å². The van der Waals surface area contributed by atoms with E-state index in [2.05, 4.69) is 13.5 Å². The molecule has 0 bridgehead atoms. The first-order valence-electron chi connectivity index (χ1n) is 6.37. The van der Waals surface area contributed by atoms with Gasteiger partial charge in [0.2, 0.25) is 0 Å². The van der Waals surface area contributed by atoms with Crippen LogP contribution in [-0.2, 0) is 4.74 Å². The molecule has 0 aliphatic carbocycles. The summed E-state index contributed by atoms with van der Waals surface area (Å²) in [4.78, 5) is 0. The van der Waals surface area contributed by atoms with Crippen LogP contribution in [-0.4, -0.2) is 20.2 Å². The highest BCUT2D eigenvalue weighted by Gasteiger charge is 2.34. The van der Waals surface area contributed by atoms with Crippen LogP contribution in [0.2, 0.25) is 13.1 Å². The molecular weight excluding hydrogens is 219 g/mol. The van der Waals surface area contributed by atoms with Crippen molar-refractivity contribution in [2.24, 2.45) is 0 Å². The van der Waals surface area contributed by atoms with Gasteiger partial charge >= 0.3 is 0 Å². The Morgan fingerprint density at radius 2 is 2.00 bits per heavy atom. The van der Waals surface area contributed by atoms with E-state index in [9.17, 15) is 4.11 Å². The predicted molar refractivity (Wildman–Crippen MR) is 71.9 cm³/mol. The Bertz CT molecular complexity index is 189. The van der Waals surface area contributed by atoms with Gasteiger partial charge in [-0.25, -0.2) is 0 Å². The lowest BCUT2D eigenvalue weighted by Crippen LogP contribution is -2.41. The van der Waals surface area contributed by atoms with Gasteiger partial charge < -0.3 is 8.84 Å². The molecule has 0 radical (unpaired) electrons. The summed E-state index contributed by atoms with van der Waals surface area (Å²) in [6.45, 7) is 11.3. The largest absolute Gasteiger partial charge is 0.375 e. The molecule has 0 aliphatic heterocycles. The standard InChI is InChI=1S/C13H27FOSi/c1-6-8-9-11-13(16(4,5)14)15-12(3)10-7-2/h7,12-13H,2,6,8-11H2,1,3-5H3/t12-,13-/m0/s1. The lowest BCUT2D eigenvalue weighted by Gasteiger charge is -2.28. The highest BCUT2D eigenvalue weighted by molar-refractivity contribution is 6.71. The number of ether oxygens (including phenoxy) is 1. The molecule has 0 aromatic heterocycles. The quantitative estimate of drug-likeness (QED) is 0.249. The van der Waals surface area contributed by atoms with Crippen LogP contribution in [0, 0.1) is 0 Å². The summed E-state index contributed by atoms with van der Waals surface area (Å²) in [5.74, 6) is 0. The van der Waals surface area contributed by atoms with Gasteiger partial charge in [0.05, 0.1) is 11.8 Å². The van der Waals surface area contributed by atoms with Crippen LogP contribution < -0.4 is 0 Å². The molecule has 1 nitrogen and oxygen atoms in total. The van der Waals surface area contributed by atoms with Crippen molar-refractivity contribution in [3.8, 4) is 0 Å². The van der Waals surface area contributed by atoms with Gasteiger partial charge in [-0.05, 0) is 32.9 Å². The summed E-state index contributed by atoms with van der Waals surface area (Å²) in [5, 5.41) is 0. The lowest BCUT2D eigenvalue weighted by molar-refractivity contribution is 0.0289. The molecule has 0 heterocycles. The second-order valence-corrected chi connectivity index (χ2v) is 8.79. The topological polar surface area (TPSA) is 9.23 Å². The third-order valence-electron chi connectivity index (χ3n) is 2.73. The molecule has 0 fully saturated rings. The minimum Gasteiger partial charge on any atom is -0.375 e. The van der Waals surface area contributed by atoms with Crippen molar-refractivity contribution >= 4 is 8.41 Å². The first-order valence-corrected chi connectivity index (χ1v) is 9.32. The SMILES string of the molecule is C=CC[C@H](C)O[C@H](CCCCC)[Si](C)(C)F. The highest BCUT2D eigenvalue weighted by atomic mass is 28.4. The summed E-state index contributed by atoms with van der Waals surface area (Å²) in [6, 6.07) is 0. The Labute approximate surface area is 101 Å². The van der Waals surface area contributed by atoms with Gasteiger partial charge in [0.25, 0.3) is 8.41 Å². The molecule has 2 atom stereocenters. The maximum Gasteiger partial charge on any atom is 0.269 e. The predicted octanol–water partition coefficient (Wildman–Crippen LogP) is 4.63. The van der Waals surface area contributed by atoms with Crippen LogP contribution in [0.1, 0.15) is 46.0 Å². The minimum absolute atomic E-state index is 0.0895. The van der Waals surface area contributed by atoms with E-state index >= 15 is 0 Å². The molecule has 0 spiro atoms. The normalized spacial score (nSPS) is 15.8. The third-order valence-corrected chi connectivity index (χ3v) is 4.69. The molecule has 0 aliphatic rings. The average molecular weight is 246 g/mol. The highest BCUT2D eigenvalue weighted by Crippen LogP contribution is 2.21. The van der Waals surface area contributed by atoms with E-state index < -0.39 is 8.41 Å². The molecule has 0 N–H and O–H groups in total. The van der Waals surface area contributed by atoms with Crippen molar-refractivity contribution in [2.45, 2.75) is 70.9 Å². The number of halogens is 1. The fourth-order valence-corrected chi connectivity index (χ4v) is 3.17. The van der Waals surface area contributed by atoms with Crippen LogP contribution in [0.15, 0.2) is 12.7 Å². The van der Waals surface area contributed by atoms with E-state index in [1.807, 2.05) is 13.0 Å². The van der Waals surface area contributed by atoms with Crippen molar-refractivity contribution in [1.29, 1.82) is 0 Å². The first kappa shape index (κ1) is 15.8. The molecule has 0 aromatic rings. The van der Waals surface area contributed by atoms with Crippen LogP contribution >= 0.6 is 0 Å². The van der Waals surface area contributed by atoms with Gasteiger partial charge in [0.1, 0.15) is 0 Å². The molecule has 3 heteroatoms. The first-order chi connectivity index (χ1) is 7.41. The number of hydrogen-bond donors (Lipinski definition) is 0. The molecule has 16 heavy (non-hydrogen) atoms. The van der Waals surface area contributed by atoms with E-state index in [1.165, 1.54) is 12.8 Å². The molecular formula is C13H27FOSi. The van der Waals surface area contributed by atoms with Gasteiger partial charge in [-0.15, -0.1) is 6.58 Å². The van der Waals surface area contributed by atoms with Crippen molar-refractivity contribution in [3.05, 3.63) is 12.7 Å². The van der Waals surface area contributed by atoms with Gasteiger partial charge in [-0.1, -0.05) is 32.3 Å². The Kier molecular flexibility index (Phi) is 7.94. The molecule has 0 rings (SSSR count). The van der Waals surface area contributed by atoms with Crippen molar-refractivity contribution in [1.82, 2.24) is 0 Å². The van der Waals surface area contributed by atoms with E-state index in [0.717, 1.165) is 19.3 Å². The molecule has 96 valence electrons. The number of unbranched alkanes of at least 4 members (excludes halogenated alkanes) is 2. The fraction of sp³-hybridized carbons (Fsp3) is 0.846. The molecule has 0 amide bonds. The van der Waals surface area contributed by atoms with Crippen LogP contribution in [0.25, 0.3) is 0 Å². The fourth-order valence-electron chi connectivity index (χ4n) is 1.72. The van der Waals surface area contributed by atoms with Crippen molar-refractivity contribution in [2.75, 3.05) is 0 Å². The van der Waals surface area contributed by atoms with E-state index in [0.29, 0.717) is 0 Å². The van der Waals surface area contributed by atoms with Crippen molar-refractivity contribution in [3.63, 3.8) is 0 Å². The molecule has 0 aromatic carbocycles.